The lowest BCUT2D eigenvalue weighted by Gasteiger charge is -2.18. The minimum absolute atomic E-state index is 0.568. The number of nitrogens with zero attached hydrogens (tertiary/aromatic N) is 5. The van der Waals surface area contributed by atoms with Crippen LogP contribution in [0.1, 0.15) is 22.3 Å². The van der Waals surface area contributed by atoms with Crippen LogP contribution in [0.2, 0.25) is 0 Å². The molecule has 5 aromatic carbocycles. The van der Waals surface area contributed by atoms with E-state index in [1.165, 1.54) is 0 Å². The number of aromatic nitrogens is 2. The van der Waals surface area contributed by atoms with Crippen molar-refractivity contribution < 1.29 is 0 Å². The molecule has 0 N–H and O–H groups in total. The Balaban J connectivity index is 1.62. The Morgan fingerprint density at radius 1 is 0.545 bits per heavy atom. The molecule has 2 aromatic heterocycles. The first-order valence-corrected chi connectivity index (χ1v) is 14.1. The molecule has 2 heterocycles. The number of rotatable bonds is 4. The third-order valence-corrected chi connectivity index (χ3v) is 8.15. The van der Waals surface area contributed by atoms with E-state index >= 15 is 0 Å². The Morgan fingerprint density at radius 3 is 1.52 bits per heavy atom. The predicted molar refractivity (Wildman–Crippen MR) is 174 cm³/mol. The van der Waals surface area contributed by atoms with Crippen LogP contribution in [0.25, 0.3) is 60.9 Å². The van der Waals surface area contributed by atoms with E-state index in [1.807, 2.05) is 66.7 Å². The highest BCUT2D eigenvalue weighted by Crippen LogP contribution is 2.43. The Bertz CT molecular complexity index is 2230. The van der Waals surface area contributed by atoms with Crippen LogP contribution in [-0.4, -0.2) is 9.55 Å². The summed E-state index contributed by atoms with van der Waals surface area (Å²) < 4.78 is 2.28. The van der Waals surface area contributed by atoms with Gasteiger partial charge in [0.05, 0.1) is 51.6 Å². The van der Waals surface area contributed by atoms with Crippen LogP contribution in [-0.2, 0) is 0 Å². The second-order valence-corrected chi connectivity index (χ2v) is 10.6. The second-order valence-electron chi connectivity index (χ2n) is 10.6. The Kier molecular flexibility index (Phi) is 6.44. The SMILES string of the molecule is Cc1cc(-c2ccncc2)c(C#N)cc1-n1c2c(-c3ccc(C#N)cc3)cccc2c2cccc(-c3ccc(C#N)cc3)c21. The summed E-state index contributed by atoms with van der Waals surface area (Å²) in [7, 11) is 0. The number of pyridine rings is 1. The van der Waals surface area contributed by atoms with Gasteiger partial charge in [-0.25, -0.2) is 0 Å². The molecule has 204 valence electrons. The number of hydrogen-bond donors (Lipinski definition) is 0. The fraction of sp³-hybridized carbons (Fsp3) is 0.0256. The van der Waals surface area contributed by atoms with Crippen molar-refractivity contribution in [3.63, 3.8) is 0 Å². The highest BCUT2D eigenvalue weighted by molar-refractivity contribution is 6.17. The van der Waals surface area contributed by atoms with Crippen LogP contribution >= 0.6 is 0 Å². The number of fused-ring (bicyclic) bond motifs is 3. The van der Waals surface area contributed by atoms with Crippen molar-refractivity contribution in [2.45, 2.75) is 6.92 Å². The molecule has 0 saturated heterocycles. The standard InChI is InChI=1S/C39H23N5/c1-25-20-36(30-16-18-43-19-17-30)31(24-42)21-37(25)44-38-32(28-12-8-26(22-40)9-13-28)4-2-6-34(38)35-7-3-5-33(39(35)44)29-14-10-27(23-41)11-15-29/h2-21H,1H3. The molecule has 0 atom stereocenters. The van der Waals surface area contributed by atoms with Crippen LogP contribution in [0.4, 0.5) is 0 Å². The molecule has 7 aromatic rings. The number of aryl methyl sites for hydroxylation is 1. The van der Waals surface area contributed by atoms with E-state index in [1.54, 1.807) is 12.4 Å². The van der Waals surface area contributed by atoms with Crippen molar-refractivity contribution in [1.82, 2.24) is 9.55 Å². The number of nitriles is 3. The molecule has 5 nitrogen and oxygen atoms in total. The lowest BCUT2D eigenvalue weighted by atomic mass is 9.97. The summed E-state index contributed by atoms with van der Waals surface area (Å²) in [5.74, 6) is 0. The van der Waals surface area contributed by atoms with Crippen molar-refractivity contribution >= 4 is 21.8 Å². The zero-order chi connectivity index (χ0) is 30.2. The van der Waals surface area contributed by atoms with E-state index in [9.17, 15) is 15.8 Å². The summed E-state index contributed by atoms with van der Waals surface area (Å²) in [5.41, 5.74) is 11.5. The Morgan fingerprint density at radius 2 is 1.05 bits per heavy atom. The largest absolute Gasteiger partial charge is 0.308 e. The second kappa shape index (κ2) is 10.7. The van der Waals surface area contributed by atoms with Gasteiger partial charge in [-0.15, -0.1) is 0 Å². The molecule has 0 fully saturated rings. The molecular formula is C39H23N5. The third-order valence-electron chi connectivity index (χ3n) is 8.15. The van der Waals surface area contributed by atoms with E-state index in [0.717, 1.165) is 66.4 Å². The van der Waals surface area contributed by atoms with Crippen LogP contribution in [0, 0.1) is 40.9 Å². The molecule has 7 rings (SSSR count). The summed E-state index contributed by atoms with van der Waals surface area (Å²) in [5, 5.41) is 31.3. The van der Waals surface area contributed by atoms with E-state index in [4.69, 9.17) is 0 Å². The van der Waals surface area contributed by atoms with E-state index in [0.29, 0.717) is 16.7 Å². The quantitative estimate of drug-likeness (QED) is 0.214. The number of hydrogen-bond acceptors (Lipinski definition) is 4. The van der Waals surface area contributed by atoms with Crippen molar-refractivity contribution in [2.75, 3.05) is 0 Å². The van der Waals surface area contributed by atoms with Crippen molar-refractivity contribution in [1.29, 1.82) is 15.8 Å². The summed E-state index contributed by atoms with van der Waals surface area (Å²) in [6.45, 7) is 2.08. The molecule has 5 heteroatoms. The minimum Gasteiger partial charge on any atom is -0.308 e. The smallest absolute Gasteiger partial charge is 0.0998 e. The van der Waals surface area contributed by atoms with Gasteiger partial charge in [0.2, 0.25) is 0 Å². The van der Waals surface area contributed by atoms with Crippen molar-refractivity contribution in [2.24, 2.45) is 0 Å². The van der Waals surface area contributed by atoms with Gasteiger partial charge in [0.25, 0.3) is 0 Å². The van der Waals surface area contributed by atoms with Crippen molar-refractivity contribution in [3.8, 4) is 57.3 Å². The van der Waals surface area contributed by atoms with Gasteiger partial charge in [0.1, 0.15) is 0 Å². The van der Waals surface area contributed by atoms with Gasteiger partial charge < -0.3 is 4.57 Å². The summed E-state index contributed by atoms with van der Waals surface area (Å²) in [6, 6.07) is 42.7. The molecule has 0 unspecified atom stereocenters. The monoisotopic (exact) mass is 561 g/mol. The van der Waals surface area contributed by atoms with E-state index in [2.05, 4.69) is 77.1 Å². The maximum atomic E-state index is 10.4. The van der Waals surface area contributed by atoms with Crippen LogP contribution < -0.4 is 0 Å². The zero-order valence-electron chi connectivity index (χ0n) is 23.8. The first kappa shape index (κ1) is 26.4. The number of benzene rings is 5. The average Bonchev–Trinajstić information content (AvgIpc) is 3.43. The first-order valence-electron chi connectivity index (χ1n) is 14.1. The fourth-order valence-electron chi connectivity index (χ4n) is 6.07. The summed E-state index contributed by atoms with van der Waals surface area (Å²) >= 11 is 0. The van der Waals surface area contributed by atoms with Gasteiger partial charge in [-0.05, 0) is 83.3 Å². The lowest BCUT2D eigenvalue weighted by molar-refractivity contribution is 1.15. The van der Waals surface area contributed by atoms with Gasteiger partial charge in [-0.3, -0.25) is 4.98 Å². The molecule has 0 bridgehead atoms. The molecule has 0 radical (unpaired) electrons. The maximum absolute atomic E-state index is 10.4. The Hall–Kier alpha value is -6.48. The van der Waals surface area contributed by atoms with Gasteiger partial charge in [-0.1, -0.05) is 60.7 Å². The van der Waals surface area contributed by atoms with Gasteiger partial charge in [0, 0.05) is 34.3 Å². The molecule has 0 spiro atoms. The molecule has 0 saturated carbocycles. The zero-order valence-corrected chi connectivity index (χ0v) is 23.8. The molecule has 0 aliphatic heterocycles. The van der Waals surface area contributed by atoms with Gasteiger partial charge in [-0.2, -0.15) is 15.8 Å². The lowest BCUT2D eigenvalue weighted by Crippen LogP contribution is -2.01. The van der Waals surface area contributed by atoms with Crippen molar-refractivity contribution in [3.05, 3.63) is 144 Å². The maximum Gasteiger partial charge on any atom is 0.0998 e. The molecule has 0 amide bonds. The van der Waals surface area contributed by atoms with Gasteiger partial charge in [0.15, 0.2) is 0 Å². The highest BCUT2D eigenvalue weighted by Gasteiger charge is 2.22. The normalized spacial score (nSPS) is 10.8. The predicted octanol–water partition coefficient (Wildman–Crippen LogP) is 9.10. The molecule has 0 aliphatic carbocycles. The van der Waals surface area contributed by atoms with Crippen LogP contribution in [0.3, 0.4) is 0 Å². The average molecular weight is 562 g/mol. The minimum atomic E-state index is 0.568. The van der Waals surface area contributed by atoms with E-state index < -0.39 is 0 Å². The van der Waals surface area contributed by atoms with Crippen LogP contribution in [0.5, 0.6) is 0 Å². The Labute approximate surface area is 254 Å². The van der Waals surface area contributed by atoms with Gasteiger partial charge >= 0.3 is 0 Å². The third kappa shape index (κ3) is 4.27. The highest BCUT2D eigenvalue weighted by atomic mass is 15.0. The summed E-state index contributed by atoms with van der Waals surface area (Å²) in [4.78, 5) is 4.15. The van der Waals surface area contributed by atoms with Crippen LogP contribution in [0.15, 0.2) is 122 Å². The molecule has 0 aliphatic rings. The van der Waals surface area contributed by atoms with E-state index in [-0.39, 0.29) is 0 Å². The first-order chi connectivity index (χ1) is 21.6. The number of para-hydroxylation sites is 2. The summed E-state index contributed by atoms with van der Waals surface area (Å²) in [6.07, 6.45) is 3.47. The topological polar surface area (TPSA) is 89.2 Å². The molecule has 44 heavy (non-hydrogen) atoms. The molecular weight excluding hydrogens is 538 g/mol. The fourth-order valence-corrected chi connectivity index (χ4v) is 6.07.